The smallest absolute Gasteiger partial charge is 0.180 e. The summed E-state index contributed by atoms with van der Waals surface area (Å²) in [4.78, 5) is 13.8. The Balaban J connectivity index is 1.13. The van der Waals surface area contributed by atoms with Crippen LogP contribution in [0.1, 0.15) is 55.8 Å². The quantitative estimate of drug-likeness (QED) is 0.301. The maximum atomic E-state index is 15.0. The van der Waals surface area contributed by atoms with Crippen LogP contribution in [0.4, 0.5) is 20.3 Å². The fourth-order valence-corrected chi connectivity index (χ4v) is 6.62. The third-order valence-electron chi connectivity index (χ3n) is 9.21. The van der Waals surface area contributed by atoms with Gasteiger partial charge in [-0.3, -0.25) is 4.40 Å². The standard InChI is InChI=1S/C34H41F2N7/c1-6-25-7-9-28(32(36)31(25)35)30-20-39-34-33(37-11-12-43(30)34)40-26-8-10-27(22(3)18-26)23(4)41-13-15-42(16-14-41)24(5)29-17-21(2)19-38-29/h7-8,10-12,18,20-21,28-29,38H,4-6,9,13-17,19H2,1-3H3,(H,37,40). The van der Waals surface area contributed by atoms with Gasteiger partial charge in [0.05, 0.1) is 17.8 Å². The Morgan fingerprint density at radius 1 is 1.12 bits per heavy atom. The minimum Gasteiger partial charge on any atom is -0.370 e. The Morgan fingerprint density at radius 3 is 2.58 bits per heavy atom. The van der Waals surface area contributed by atoms with Crippen LogP contribution in [0.15, 0.2) is 78.9 Å². The fraction of sp³-hybridized carbons (Fsp3) is 0.412. The number of anilines is 2. The van der Waals surface area contributed by atoms with Gasteiger partial charge in [-0.1, -0.05) is 39.1 Å². The molecule has 2 aromatic heterocycles. The Hall–Kier alpha value is -3.98. The summed E-state index contributed by atoms with van der Waals surface area (Å²) in [6.45, 7) is 19.8. The van der Waals surface area contributed by atoms with Crippen molar-refractivity contribution in [3.05, 3.63) is 95.8 Å². The highest BCUT2D eigenvalue weighted by atomic mass is 19.2. The summed E-state index contributed by atoms with van der Waals surface area (Å²) >= 11 is 0. The third-order valence-corrected chi connectivity index (χ3v) is 9.21. The maximum Gasteiger partial charge on any atom is 0.180 e. The molecule has 226 valence electrons. The average Bonchev–Trinajstić information content (AvgIpc) is 3.65. The van der Waals surface area contributed by atoms with E-state index in [9.17, 15) is 4.39 Å². The molecule has 0 bridgehead atoms. The van der Waals surface area contributed by atoms with Crippen LogP contribution in [0.2, 0.25) is 0 Å². The lowest BCUT2D eigenvalue weighted by molar-refractivity contribution is 0.203. The van der Waals surface area contributed by atoms with E-state index in [2.05, 4.69) is 69.5 Å². The molecule has 2 saturated heterocycles. The number of piperazine rings is 1. The van der Waals surface area contributed by atoms with Gasteiger partial charge in [0.25, 0.3) is 0 Å². The van der Waals surface area contributed by atoms with Crippen LogP contribution in [0, 0.1) is 12.8 Å². The van der Waals surface area contributed by atoms with E-state index in [0.717, 1.165) is 61.7 Å². The van der Waals surface area contributed by atoms with Gasteiger partial charge in [-0.15, -0.1) is 0 Å². The lowest BCUT2D eigenvalue weighted by Gasteiger charge is -2.40. The van der Waals surface area contributed by atoms with Gasteiger partial charge in [0, 0.05) is 67.3 Å². The number of nitrogens with one attached hydrogen (secondary N) is 2. The van der Waals surface area contributed by atoms with E-state index < -0.39 is 17.6 Å². The number of hydrogen-bond donors (Lipinski definition) is 2. The number of hydrogen-bond acceptors (Lipinski definition) is 6. The highest BCUT2D eigenvalue weighted by Gasteiger charge is 2.30. The van der Waals surface area contributed by atoms with Gasteiger partial charge in [-0.25, -0.2) is 18.7 Å². The van der Waals surface area contributed by atoms with Crippen LogP contribution in [-0.2, 0) is 0 Å². The zero-order valence-electron chi connectivity index (χ0n) is 25.3. The molecule has 2 aliphatic heterocycles. The molecule has 3 atom stereocenters. The van der Waals surface area contributed by atoms with E-state index in [-0.39, 0.29) is 0 Å². The molecule has 1 aromatic carbocycles. The average molecular weight is 586 g/mol. The Morgan fingerprint density at radius 2 is 1.88 bits per heavy atom. The first-order valence-corrected chi connectivity index (χ1v) is 15.3. The first-order chi connectivity index (χ1) is 20.7. The van der Waals surface area contributed by atoms with E-state index in [1.807, 2.05) is 13.0 Å². The summed E-state index contributed by atoms with van der Waals surface area (Å²) in [7, 11) is 0. The number of halogens is 2. The molecule has 3 aliphatic rings. The molecule has 2 N–H and O–H groups in total. The Labute approximate surface area is 252 Å². The minimum absolute atomic E-state index is 0.389. The molecule has 0 saturated carbocycles. The summed E-state index contributed by atoms with van der Waals surface area (Å²) in [6.07, 6.45) is 8.81. The maximum absolute atomic E-state index is 15.0. The molecule has 0 amide bonds. The number of aromatic nitrogens is 3. The van der Waals surface area contributed by atoms with Crippen molar-refractivity contribution in [3.8, 4) is 0 Å². The highest BCUT2D eigenvalue weighted by molar-refractivity contribution is 5.73. The van der Waals surface area contributed by atoms with E-state index in [0.29, 0.717) is 47.5 Å². The highest BCUT2D eigenvalue weighted by Crippen LogP contribution is 2.40. The molecular formula is C34H41F2N7. The topological polar surface area (TPSA) is 60.7 Å². The second-order valence-electron chi connectivity index (χ2n) is 12.1. The summed E-state index contributed by atoms with van der Waals surface area (Å²) in [5.74, 6) is -0.943. The minimum atomic E-state index is -0.748. The van der Waals surface area contributed by atoms with Crippen molar-refractivity contribution in [2.24, 2.45) is 5.92 Å². The Kier molecular flexibility index (Phi) is 8.09. The molecule has 2 fully saturated rings. The Bertz CT molecular complexity index is 1610. The molecule has 3 aromatic rings. The molecule has 9 heteroatoms. The van der Waals surface area contributed by atoms with E-state index in [4.69, 9.17) is 0 Å². The molecular weight excluding hydrogens is 544 g/mol. The van der Waals surface area contributed by atoms with Crippen LogP contribution in [0.5, 0.6) is 0 Å². The monoisotopic (exact) mass is 585 g/mol. The molecule has 43 heavy (non-hydrogen) atoms. The number of imidazole rings is 1. The van der Waals surface area contributed by atoms with Crippen molar-refractivity contribution in [2.45, 2.75) is 52.0 Å². The first-order valence-electron chi connectivity index (χ1n) is 15.3. The molecule has 3 unspecified atom stereocenters. The third kappa shape index (κ3) is 5.58. The largest absolute Gasteiger partial charge is 0.370 e. The van der Waals surface area contributed by atoms with Gasteiger partial charge in [0.15, 0.2) is 17.3 Å². The molecule has 7 nitrogen and oxygen atoms in total. The van der Waals surface area contributed by atoms with Gasteiger partial charge >= 0.3 is 0 Å². The SMILES string of the molecule is C=C(c1ccc(Nc2nccn3c(C4CC=C(CC)C(F)=C4F)cnc23)cc1C)N1CCN(C(=C)C2CC(C)CN2)CC1. The number of rotatable bonds is 8. The molecule has 6 rings (SSSR count). The second kappa shape index (κ2) is 12.0. The van der Waals surface area contributed by atoms with Crippen LogP contribution in [0.25, 0.3) is 11.3 Å². The predicted molar refractivity (Wildman–Crippen MR) is 169 cm³/mol. The number of aryl methyl sites for hydroxylation is 1. The van der Waals surface area contributed by atoms with Crippen molar-refractivity contribution in [3.63, 3.8) is 0 Å². The van der Waals surface area contributed by atoms with Crippen molar-refractivity contribution in [1.82, 2.24) is 29.5 Å². The van der Waals surface area contributed by atoms with Gasteiger partial charge in [0.1, 0.15) is 5.83 Å². The van der Waals surface area contributed by atoms with E-state index in [1.54, 1.807) is 29.1 Å². The van der Waals surface area contributed by atoms with Crippen LogP contribution in [0.3, 0.4) is 0 Å². The molecule has 0 spiro atoms. The lowest BCUT2D eigenvalue weighted by Crippen LogP contribution is -2.47. The summed E-state index contributed by atoms with van der Waals surface area (Å²) in [6, 6.07) is 6.58. The van der Waals surface area contributed by atoms with Gasteiger partial charge < -0.3 is 20.4 Å². The van der Waals surface area contributed by atoms with Gasteiger partial charge in [-0.2, -0.15) is 0 Å². The van der Waals surface area contributed by atoms with Crippen molar-refractivity contribution in [1.29, 1.82) is 0 Å². The lowest BCUT2D eigenvalue weighted by atomic mass is 9.91. The van der Waals surface area contributed by atoms with Crippen LogP contribution < -0.4 is 10.6 Å². The summed E-state index contributed by atoms with van der Waals surface area (Å²) in [5.41, 5.74) is 6.89. The van der Waals surface area contributed by atoms with Crippen LogP contribution in [-0.4, -0.2) is 62.9 Å². The van der Waals surface area contributed by atoms with Crippen LogP contribution >= 0.6 is 0 Å². The zero-order chi connectivity index (χ0) is 30.2. The van der Waals surface area contributed by atoms with E-state index >= 15 is 4.39 Å². The zero-order valence-corrected chi connectivity index (χ0v) is 25.3. The number of allylic oxidation sites excluding steroid dienone is 4. The number of nitrogens with zero attached hydrogens (tertiary/aromatic N) is 5. The van der Waals surface area contributed by atoms with E-state index in [1.165, 1.54) is 5.70 Å². The van der Waals surface area contributed by atoms with Crippen molar-refractivity contribution < 1.29 is 8.78 Å². The first kappa shape index (κ1) is 29.1. The van der Waals surface area contributed by atoms with Crippen molar-refractivity contribution >= 4 is 22.8 Å². The molecule has 0 radical (unpaired) electrons. The normalized spacial score (nSPS) is 22.7. The summed E-state index contributed by atoms with van der Waals surface area (Å²) < 4.78 is 31.4. The molecule has 4 heterocycles. The van der Waals surface area contributed by atoms with Crippen molar-refractivity contribution in [2.75, 3.05) is 38.0 Å². The van der Waals surface area contributed by atoms with Gasteiger partial charge in [-0.05, 0) is 61.9 Å². The predicted octanol–water partition coefficient (Wildman–Crippen LogP) is 6.86. The summed E-state index contributed by atoms with van der Waals surface area (Å²) in [5, 5.41) is 6.99. The fourth-order valence-electron chi connectivity index (χ4n) is 6.62. The second-order valence-corrected chi connectivity index (χ2v) is 12.1. The molecule has 1 aliphatic carbocycles. The number of fused-ring (bicyclic) bond motifs is 1. The number of benzene rings is 1. The van der Waals surface area contributed by atoms with Gasteiger partial charge in [0.2, 0.25) is 0 Å².